The molecular formula is C13H19BrN2OS. The molecule has 3 nitrogen and oxygen atoms in total. The van der Waals surface area contributed by atoms with Crippen LogP contribution in [0.15, 0.2) is 4.47 Å². The molecule has 1 aliphatic carbocycles. The third-order valence-electron chi connectivity index (χ3n) is 3.12. The van der Waals surface area contributed by atoms with Gasteiger partial charge < -0.3 is 9.72 Å². The molecule has 0 spiro atoms. The summed E-state index contributed by atoms with van der Waals surface area (Å²) in [5, 5.41) is 0. The van der Waals surface area contributed by atoms with Gasteiger partial charge in [-0.25, -0.2) is 4.98 Å². The lowest BCUT2D eigenvalue weighted by molar-refractivity contribution is 0.0397. The van der Waals surface area contributed by atoms with Crippen LogP contribution in [0.4, 0.5) is 0 Å². The fraction of sp³-hybridized carbons (Fsp3) is 0.692. The minimum Gasteiger partial charge on any atom is -0.370 e. The van der Waals surface area contributed by atoms with Gasteiger partial charge in [0.15, 0.2) is 0 Å². The lowest BCUT2D eigenvalue weighted by Crippen LogP contribution is -2.13. The van der Waals surface area contributed by atoms with Gasteiger partial charge in [-0.05, 0) is 48.0 Å². The van der Waals surface area contributed by atoms with Gasteiger partial charge >= 0.3 is 0 Å². The first-order valence-corrected chi connectivity index (χ1v) is 7.77. The van der Waals surface area contributed by atoms with Gasteiger partial charge in [0, 0.05) is 12.3 Å². The summed E-state index contributed by atoms with van der Waals surface area (Å²) in [6.45, 7) is 4.89. The van der Waals surface area contributed by atoms with E-state index in [1.165, 1.54) is 12.8 Å². The van der Waals surface area contributed by atoms with Crippen LogP contribution >= 0.6 is 28.1 Å². The van der Waals surface area contributed by atoms with Crippen molar-refractivity contribution in [3.05, 3.63) is 20.6 Å². The van der Waals surface area contributed by atoms with Crippen LogP contribution in [0.2, 0.25) is 0 Å². The summed E-state index contributed by atoms with van der Waals surface area (Å²) in [6, 6.07) is 0. The molecule has 1 aromatic heterocycles. The van der Waals surface area contributed by atoms with E-state index < -0.39 is 0 Å². The van der Waals surface area contributed by atoms with E-state index in [1.54, 1.807) is 0 Å². The van der Waals surface area contributed by atoms with Gasteiger partial charge in [0.05, 0.1) is 4.47 Å². The Balaban J connectivity index is 2.33. The molecule has 1 unspecified atom stereocenters. The minimum absolute atomic E-state index is 0.0837. The predicted octanol–water partition coefficient (Wildman–Crippen LogP) is 4.34. The standard InChI is InChI=1S/C13H19BrN2OS/c1-3-5-9-10(14)13(18)16-12(15-9)11(17-4-2)8-6-7-8/h8,11H,3-7H2,1-2H3,(H,15,16,18). The number of rotatable bonds is 6. The van der Waals surface area contributed by atoms with Gasteiger partial charge in [-0.3, -0.25) is 0 Å². The van der Waals surface area contributed by atoms with E-state index in [4.69, 9.17) is 17.0 Å². The Morgan fingerprint density at radius 3 is 2.78 bits per heavy atom. The smallest absolute Gasteiger partial charge is 0.144 e. The number of H-pyrrole nitrogens is 1. The van der Waals surface area contributed by atoms with Gasteiger partial charge in [0.25, 0.3) is 0 Å². The lowest BCUT2D eigenvalue weighted by atomic mass is 10.2. The minimum atomic E-state index is 0.0837. The molecule has 1 aromatic rings. The molecule has 0 bridgehead atoms. The Morgan fingerprint density at radius 1 is 1.50 bits per heavy atom. The van der Waals surface area contributed by atoms with Gasteiger partial charge in [-0.1, -0.05) is 25.6 Å². The molecule has 0 radical (unpaired) electrons. The van der Waals surface area contributed by atoms with Crippen molar-refractivity contribution in [3.63, 3.8) is 0 Å². The van der Waals surface area contributed by atoms with Crippen LogP contribution in [-0.2, 0) is 11.2 Å². The molecule has 0 aliphatic heterocycles. The number of nitrogens with one attached hydrogen (secondary N) is 1. The molecule has 1 saturated carbocycles. The number of ether oxygens (including phenoxy) is 1. The maximum atomic E-state index is 5.82. The Morgan fingerprint density at radius 2 is 2.22 bits per heavy atom. The number of halogens is 1. The molecule has 2 rings (SSSR count). The Kier molecular flexibility index (Phi) is 4.92. The zero-order chi connectivity index (χ0) is 13.1. The second-order valence-corrected chi connectivity index (χ2v) is 5.86. The van der Waals surface area contributed by atoms with Crippen LogP contribution in [0.1, 0.15) is 50.7 Å². The molecule has 100 valence electrons. The van der Waals surface area contributed by atoms with Crippen molar-refractivity contribution >= 4 is 28.1 Å². The summed E-state index contributed by atoms with van der Waals surface area (Å²) in [6.07, 6.45) is 4.60. The van der Waals surface area contributed by atoms with Crippen LogP contribution < -0.4 is 0 Å². The van der Waals surface area contributed by atoms with Crippen molar-refractivity contribution < 1.29 is 4.74 Å². The topological polar surface area (TPSA) is 37.9 Å². The summed E-state index contributed by atoms with van der Waals surface area (Å²) in [5.41, 5.74) is 1.14. The van der Waals surface area contributed by atoms with Crippen molar-refractivity contribution in [2.24, 2.45) is 5.92 Å². The molecule has 1 fully saturated rings. The molecule has 18 heavy (non-hydrogen) atoms. The molecule has 1 N–H and O–H groups in total. The van der Waals surface area contributed by atoms with Crippen LogP contribution in [0.3, 0.4) is 0 Å². The van der Waals surface area contributed by atoms with Crippen molar-refractivity contribution in [1.82, 2.24) is 9.97 Å². The second-order valence-electron chi connectivity index (χ2n) is 4.68. The number of nitrogens with zero attached hydrogens (tertiary/aromatic N) is 1. The molecule has 0 saturated heterocycles. The van der Waals surface area contributed by atoms with Crippen LogP contribution in [0.5, 0.6) is 0 Å². The van der Waals surface area contributed by atoms with Crippen molar-refractivity contribution in [2.45, 2.75) is 45.6 Å². The van der Waals surface area contributed by atoms with E-state index in [1.807, 2.05) is 6.92 Å². The highest BCUT2D eigenvalue weighted by atomic mass is 79.9. The van der Waals surface area contributed by atoms with E-state index in [9.17, 15) is 0 Å². The zero-order valence-corrected chi connectivity index (χ0v) is 13.2. The summed E-state index contributed by atoms with van der Waals surface area (Å²) >= 11 is 8.84. The number of hydrogen-bond acceptors (Lipinski definition) is 3. The molecule has 1 atom stereocenters. The van der Waals surface area contributed by atoms with E-state index in [0.29, 0.717) is 17.2 Å². The molecular weight excluding hydrogens is 312 g/mol. The fourth-order valence-corrected chi connectivity index (χ4v) is 2.71. The summed E-state index contributed by atoms with van der Waals surface area (Å²) in [5.74, 6) is 1.51. The first-order chi connectivity index (χ1) is 8.67. The maximum absolute atomic E-state index is 5.82. The maximum Gasteiger partial charge on any atom is 0.144 e. The van der Waals surface area contributed by atoms with Crippen LogP contribution in [0, 0.1) is 10.6 Å². The second kappa shape index (κ2) is 6.26. The van der Waals surface area contributed by atoms with E-state index >= 15 is 0 Å². The third-order valence-corrected chi connectivity index (χ3v) is 4.53. The fourth-order valence-electron chi connectivity index (χ4n) is 2.10. The highest BCUT2D eigenvalue weighted by Crippen LogP contribution is 2.42. The SMILES string of the molecule is CCCc1[nH]c(C(OCC)C2CC2)nc(=S)c1Br. The molecule has 5 heteroatoms. The summed E-state index contributed by atoms with van der Waals surface area (Å²) < 4.78 is 7.39. The third kappa shape index (κ3) is 3.19. The number of aromatic amines is 1. The molecule has 0 aromatic carbocycles. The predicted molar refractivity (Wildman–Crippen MR) is 78.2 cm³/mol. The van der Waals surface area contributed by atoms with Crippen LogP contribution in [-0.4, -0.2) is 16.6 Å². The Bertz CT molecular complexity index is 471. The first kappa shape index (κ1) is 14.2. The van der Waals surface area contributed by atoms with E-state index in [0.717, 1.165) is 28.8 Å². The molecule has 1 heterocycles. The van der Waals surface area contributed by atoms with Crippen LogP contribution in [0.25, 0.3) is 0 Å². The monoisotopic (exact) mass is 330 g/mol. The number of hydrogen-bond donors (Lipinski definition) is 1. The highest BCUT2D eigenvalue weighted by molar-refractivity contribution is 9.10. The average molecular weight is 331 g/mol. The zero-order valence-electron chi connectivity index (χ0n) is 10.8. The van der Waals surface area contributed by atoms with Crippen molar-refractivity contribution in [3.8, 4) is 0 Å². The van der Waals surface area contributed by atoms with Crippen molar-refractivity contribution in [1.29, 1.82) is 0 Å². The Hall–Kier alpha value is -0.260. The molecule has 0 amide bonds. The summed E-state index contributed by atoms with van der Waals surface area (Å²) in [7, 11) is 0. The van der Waals surface area contributed by atoms with Gasteiger partial charge in [0.2, 0.25) is 0 Å². The van der Waals surface area contributed by atoms with E-state index in [-0.39, 0.29) is 6.10 Å². The van der Waals surface area contributed by atoms with Gasteiger partial charge in [-0.15, -0.1) is 0 Å². The molecule has 1 aliphatic rings. The summed E-state index contributed by atoms with van der Waals surface area (Å²) in [4.78, 5) is 7.89. The first-order valence-electron chi connectivity index (χ1n) is 6.57. The normalized spacial score (nSPS) is 16.8. The largest absolute Gasteiger partial charge is 0.370 e. The van der Waals surface area contributed by atoms with E-state index in [2.05, 4.69) is 32.8 Å². The lowest BCUT2D eigenvalue weighted by Gasteiger charge is -2.17. The quantitative estimate of drug-likeness (QED) is 0.788. The Labute approximate surface area is 121 Å². The highest BCUT2D eigenvalue weighted by Gasteiger charge is 2.34. The van der Waals surface area contributed by atoms with Gasteiger partial charge in [0.1, 0.15) is 16.6 Å². The van der Waals surface area contributed by atoms with Crippen molar-refractivity contribution in [2.75, 3.05) is 6.61 Å². The number of aryl methyl sites for hydroxylation is 1. The van der Waals surface area contributed by atoms with Gasteiger partial charge in [-0.2, -0.15) is 0 Å². The average Bonchev–Trinajstić information content (AvgIpc) is 3.16. The number of aromatic nitrogens is 2.